The lowest BCUT2D eigenvalue weighted by molar-refractivity contribution is -0.122. The lowest BCUT2D eigenvalue weighted by Gasteiger charge is -2.38. The number of fused-ring (bicyclic) bond motifs is 7. The van der Waals surface area contributed by atoms with Crippen molar-refractivity contribution in [2.24, 2.45) is 5.92 Å². The molecule has 1 amide bonds. The fourth-order valence-electron chi connectivity index (χ4n) is 7.46. The van der Waals surface area contributed by atoms with Gasteiger partial charge >= 0.3 is 0 Å². The van der Waals surface area contributed by atoms with Crippen molar-refractivity contribution in [2.45, 2.75) is 17.5 Å². The second kappa shape index (κ2) is 10.1. The van der Waals surface area contributed by atoms with Crippen LogP contribution in [-0.2, 0) is 10.2 Å². The Bertz CT molecular complexity index is 2000. The van der Waals surface area contributed by atoms with E-state index in [2.05, 4.69) is 5.32 Å². The number of ether oxygens (including phenoxy) is 3. The van der Waals surface area contributed by atoms with Gasteiger partial charge in [0.2, 0.25) is 12.7 Å². The Balaban J connectivity index is 1.40. The van der Waals surface area contributed by atoms with Gasteiger partial charge in [-0.2, -0.15) is 5.26 Å². The van der Waals surface area contributed by atoms with E-state index in [1.54, 1.807) is 42.5 Å². The minimum Gasteiger partial charge on any atom is -0.478 e. The zero-order valence-electron chi connectivity index (χ0n) is 23.8. The molecule has 4 aromatic carbocycles. The summed E-state index contributed by atoms with van der Waals surface area (Å²) in [4.78, 5) is 46.5. The molecule has 4 aliphatic rings. The maximum atomic E-state index is 15.1. The number of Topliss-reactive ketones (excluding diaryl/α,β-unsaturated/α-hetero) is 2. The number of benzene rings is 4. The average molecular weight is 596 g/mol. The molecule has 4 unspecified atom stereocenters. The zero-order valence-corrected chi connectivity index (χ0v) is 23.8. The highest BCUT2D eigenvalue weighted by Gasteiger charge is 2.70. The molecule has 0 radical (unpaired) electrons. The standard InChI is InChI=1S/C36H25N3O6/c37-16-18-43-27-12-6-3-9-24(27)33(41)31-30(32(40)22-13-14-28-29(19-22)45-20-44-28)36(25-10-4-5-11-26(25)38-35(36)42)34-23-8-2-1-7-21(23)15-17-39(31)34/h1-15,17,19,30-31,34H,18,20H2,(H,38,42). The topological polar surface area (TPSA) is 118 Å². The molecule has 1 saturated heterocycles. The van der Waals surface area contributed by atoms with Gasteiger partial charge in [0.25, 0.3) is 0 Å². The van der Waals surface area contributed by atoms with Gasteiger partial charge in [-0.3, -0.25) is 14.4 Å². The van der Waals surface area contributed by atoms with Gasteiger partial charge < -0.3 is 24.4 Å². The fraction of sp³-hybridized carbons (Fsp3) is 0.167. The van der Waals surface area contributed by atoms with Crippen LogP contribution in [0.15, 0.2) is 97.2 Å². The van der Waals surface area contributed by atoms with E-state index in [9.17, 15) is 14.9 Å². The number of nitrogens with zero attached hydrogens (tertiary/aromatic N) is 2. The molecular formula is C36H25N3O6. The Morgan fingerprint density at radius 2 is 1.73 bits per heavy atom. The number of nitriles is 1. The molecule has 1 N–H and O–H groups in total. The highest BCUT2D eigenvalue weighted by atomic mass is 16.7. The predicted octanol–water partition coefficient (Wildman–Crippen LogP) is 5.30. The molecule has 4 aromatic rings. The number of hydrogen-bond donors (Lipinski definition) is 1. The van der Waals surface area contributed by atoms with Crippen molar-refractivity contribution in [1.82, 2.24) is 4.90 Å². The van der Waals surface area contributed by atoms with E-state index < -0.39 is 29.2 Å². The summed E-state index contributed by atoms with van der Waals surface area (Å²) in [6.45, 7) is -0.220. The first kappa shape index (κ1) is 26.7. The number of nitrogens with one attached hydrogen (secondary N) is 1. The lowest BCUT2D eigenvalue weighted by atomic mass is 9.62. The van der Waals surface area contributed by atoms with Crippen molar-refractivity contribution in [3.63, 3.8) is 0 Å². The SMILES string of the molecule is N#CCOc1ccccc1C(=O)C1C(C(=O)c2ccc3c(c2)OCO3)C2(C(=O)Nc3ccccc32)C2c3ccccc3C=CN12. The van der Waals surface area contributed by atoms with Gasteiger partial charge in [-0.15, -0.1) is 0 Å². The van der Waals surface area contributed by atoms with E-state index in [-0.39, 0.29) is 36.4 Å². The van der Waals surface area contributed by atoms with Gasteiger partial charge in [-0.25, -0.2) is 0 Å². The third kappa shape index (κ3) is 3.75. The summed E-state index contributed by atoms with van der Waals surface area (Å²) in [5, 5.41) is 12.3. The number of para-hydroxylation sites is 2. The minimum atomic E-state index is -1.48. The smallest absolute Gasteiger partial charge is 0.238 e. The van der Waals surface area contributed by atoms with Crippen molar-refractivity contribution in [3.8, 4) is 23.3 Å². The van der Waals surface area contributed by atoms with Crippen LogP contribution >= 0.6 is 0 Å². The molecule has 45 heavy (non-hydrogen) atoms. The number of hydrogen-bond acceptors (Lipinski definition) is 8. The molecule has 9 nitrogen and oxygen atoms in total. The summed E-state index contributed by atoms with van der Waals surface area (Å²) in [5.74, 6) is -1.13. The number of ketones is 2. The van der Waals surface area contributed by atoms with Crippen LogP contribution in [0.4, 0.5) is 5.69 Å². The van der Waals surface area contributed by atoms with Gasteiger partial charge in [0.15, 0.2) is 29.7 Å². The number of anilines is 1. The zero-order chi connectivity index (χ0) is 30.7. The number of carbonyl (C=O) groups is 3. The Kier molecular flexibility index (Phi) is 6.00. The van der Waals surface area contributed by atoms with E-state index in [0.29, 0.717) is 28.3 Å². The molecule has 1 spiro atoms. The van der Waals surface area contributed by atoms with E-state index >= 15 is 4.79 Å². The molecule has 0 aliphatic carbocycles. The highest BCUT2D eigenvalue weighted by molar-refractivity contribution is 6.17. The Labute approximate surface area is 258 Å². The number of rotatable bonds is 6. The number of carbonyl (C=O) groups excluding carboxylic acids is 3. The second-order valence-electron chi connectivity index (χ2n) is 11.3. The summed E-state index contributed by atoms with van der Waals surface area (Å²) in [6, 6.07) is 26.9. The maximum Gasteiger partial charge on any atom is 0.238 e. The number of amides is 1. The van der Waals surface area contributed by atoms with Crippen LogP contribution in [0.3, 0.4) is 0 Å². The van der Waals surface area contributed by atoms with E-state index in [1.165, 1.54) is 0 Å². The first-order chi connectivity index (χ1) is 22.0. The molecule has 4 heterocycles. The Morgan fingerprint density at radius 1 is 0.956 bits per heavy atom. The van der Waals surface area contributed by atoms with Crippen molar-refractivity contribution >= 4 is 29.2 Å². The second-order valence-corrected chi connectivity index (χ2v) is 11.3. The molecule has 1 fully saturated rings. The summed E-state index contributed by atoms with van der Waals surface area (Å²) < 4.78 is 16.8. The fourth-order valence-corrected chi connectivity index (χ4v) is 7.46. The molecule has 4 aliphatic heterocycles. The van der Waals surface area contributed by atoms with Crippen molar-refractivity contribution in [1.29, 1.82) is 5.26 Å². The molecule has 0 saturated carbocycles. The third-order valence-corrected chi connectivity index (χ3v) is 9.22. The van der Waals surface area contributed by atoms with Gasteiger partial charge in [0, 0.05) is 17.5 Å². The Morgan fingerprint density at radius 3 is 2.62 bits per heavy atom. The minimum absolute atomic E-state index is 0.0359. The molecular weight excluding hydrogens is 570 g/mol. The third-order valence-electron chi connectivity index (χ3n) is 9.22. The first-order valence-electron chi connectivity index (χ1n) is 14.6. The summed E-state index contributed by atoms with van der Waals surface area (Å²) >= 11 is 0. The van der Waals surface area contributed by atoms with Gasteiger partial charge in [-0.05, 0) is 59.2 Å². The molecule has 220 valence electrons. The van der Waals surface area contributed by atoms with E-state index in [1.807, 2.05) is 71.8 Å². The van der Waals surface area contributed by atoms with Crippen molar-refractivity contribution in [2.75, 3.05) is 18.7 Å². The Hall–Kier alpha value is -5.88. The monoisotopic (exact) mass is 595 g/mol. The first-order valence-corrected chi connectivity index (χ1v) is 14.6. The van der Waals surface area contributed by atoms with Gasteiger partial charge in [-0.1, -0.05) is 54.6 Å². The van der Waals surface area contributed by atoms with Crippen LogP contribution in [0, 0.1) is 17.2 Å². The molecule has 9 heteroatoms. The molecule has 4 atom stereocenters. The van der Waals surface area contributed by atoms with Gasteiger partial charge in [0.05, 0.1) is 17.5 Å². The van der Waals surface area contributed by atoms with Crippen LogP contribution in [0.2, 0.25) is 0 Å². The van der Waals surface area contributed by atoms with Crippen LogP contribution in [0.5, 0.6) is 17.2 Å². The summed E-state index contributed by atoms with van der Waals surface area (Å²) in [6.07, 6.45) is 3.72. The van der Waals surface area contributed by atoms with Gasteiger partial charge in [0.1, 0.15) is 23.3 Å². The summed E-state index contributed by atoms with van der Waals surface area (Å²) in [7, 11) is 0. The average Bonchev–Trinajstić information content (AvgIpc) is 3.76. The van der Waals surface area contributed by atoms with Crippen molar-refractivity contribution in [3.05, 3.63) is 125 Å². The lowest BCUT2D eigenvalue weighted by Crippen LogP contribution is -2.49. The highest BCUT2D eigenvalue weighted by Crippen LogP contribution is 2.62. The molecule has 0 aromatic heterocycles. The predicted molar refractivity (Wildman–Crippen MR) is 163 cm³/mol. The largest absolute Gasteiger partial charge is 0.478 e. The van der Waals surface area contributed by atoms with E-state index in [0.717, 1.165) is 11.1 Å². The van der Waals surface area contributed by atoms with Crippen molar-refractivity contribution < 1.29 is 28.6 Å². The van der Waals surface area contributed by atoms with Crippen LogP contribution in [-0.4, -0.2) is 41.8 Å². The molecule has 0 bridgehead atoms. The quantitative estimate of drug-likeness (QED) is 0.299. The summed E-state index contributed by atoms with van der Waals surface area (Å²) in [5.41, 5.74) is 2.02. The van der Waals surface area contributed by atoms with Crippen LogP contribution in [0.25, 0.3) is 6.08 Å². The van der Waals surface area contributed by atoms with Crippen LogP contribution in [0.1, 0.15) is 43.4 Å². The van der Waals surface area contributed by atoms with E-state index in [4.69, 9.17) is 14.2 Å². The normalized spacial score (nSPS) is 23.1. The molecule has 8 rings (SSSR count). The maximum absolute atomic E-state index is 15.1. The van der Waals surface area contributed by atoms with Crippen LogP contribution < -0.4 is 19.5 Å².